The molecule has 4 N–H and O–H groups in total. The summed E-state index contributed by atoms with van der Waals surface area (Å²) in [6.07, 6.45) is 4.58. The predicted octanol–water partition coefficient (Wildman–Crippen LogP) is 2.57. The van der Waals surface area contributed by atoms with Gasteiger partial charge in [0.15, 0.2) is 6.35 Å². The number of sulfonamides is 1. The van der Waals surface area contributed by atoms with Crippen LogP contribution in [-0.4, -0.2) is 42.2 Å². The highest BCUT2D eigenvalue weighted by Gasteiger charge is 2.12. The fourth-order valence-corrected chi connectivity index (χ4v) is 3.59. The molecule has 0 aliphatic rings. The van der Waals surface area contributed by atoms with Crippen LogP contribution in [0.2, 0.25) is 0 Å². The molecule has 27 heavy (non-hydrogen) atoms. The van der Waals surface area contributed by atoms with E-state index in [0.717, 1.165) is 28.5 Å². The molecular weight excluding hydrogens is 389 g/mol. The van der Waals surface area contributed by atoms with Crippen LogP contribution in [0.5, 0.6) is 11.5 Å². The molecular formula is C18H24NO6PS. The Morgan fingerprint density at radius 3 is 2.26 bits per heavy atom. The van der Waals surface area contributed by atoms with Crippen molar-refractivity contribution < 1.29 is 28.0 Å². The lowest BCUT2D eigenvalue weighted by atomic mass is 9.95. The van der Waals surface area contributed by atoms with E-state index < -0.39 is 17.4 Å². The summed E-state index contributed by atoms with van der Waals surface area (Å²) in [6, 6.07) is 8.37. The zero-order chi connectivity index (χ0) is 20.4. The van der Waals surface area contributed by atoms with Gasteiger partial charge in [0.25, 0.3) is 0 Å². The first kappa shape index (κ1) is 21.3. The van der Waals surface area contributed by atoms with E-state index in [2.05, 4.69) is 11.0 Å². The van der Waals surface area contributed by atoms with Gasteiger partial charge in [0.1, 0.15) is 18.8 Å². The Morgan fingerprint density at radius 2 is 1.74 bits per heavy atom. The number of hydrogen-bond acceptors (Lipinski definition) is 6. The Balaban J connectivity index is 2.27. The second kappa shape index (κ2) is 7.94. The van der Waals surface area contributed by atoms with Gasteiger partial charge in [-0.2, -0.15) is 0 Å². The Bertz CT molecular complexity index is 974. The third-order valence-electron chi connectivity index (χ3n) is 3.84. The quantitative estimate of drug-likeness (QED) is 0.410. The van der Waals surface area contributed by atoms with Crippen LogP contribution in [0.4, 0.5) is 5.69 Å². The molecule has 0 radical (unpaired) electrons. The van der Waals surface area contributed by atoms with Crippen LogP contribution >= 0.6 is 7.34 Å². The second-order valence-electron chi connectivity index (χ2n) is 6.59. The molecule has 148 valence electrons. The topological polar surface area (TPSA) is 116 Å². The van der Waals surface area contributed by atoms with Gasteiger partial charge in [-0.1, -0.05) is 6.07 Å². The van der Waals surface area contributed by atoms with Gasteiger partial charge < -0.3 is 19.6 Å². The van der Waals surface area contributed by atoms with Gasteiger partial charge in [0.2, 0.25) is 10.0 Å². The third-order valence-corrected chi connectivity index (χ3v) is 4.98. The Morgan fingerprint density at radius 1 is 1.15 bits per heavy atom. The van der Waals surface area contributed by atoms with Crippen molar-refractivity contribution in [3.63, 3.8) is 0 Å². The van der Waals surface area contributed by atoms with Crippen LogP contribution in [0.3, 0.4) is 0 Å². The van der Waals surface area contributed by atoms with Gasteiger partial charge in [0.05, 0.1) is 11.9 Å². The summed E-state index contributed by atoms with van der Waals surface area (Å²) in [7, 11) is -6.76. The highest BCUT2D eigenvalue weighted by atomic mass is 32.2. The number of ether oxygens (including phenoxy) is 1. The van der Waals surface area contributed by atoms with Crippen LogP contribution in [0.1, 0.15) is 22.3 Å². The van der Waals surface area contributed by atoms with Crippen molar-refractivity contribution in [2.24, 2.45) is 0 Å². The van der Waals surface area contributed by atoms with Crippen LogP contribution in [-0.2, 0) is 16.4 Å². The zero-order valence-corrected chi connectivity index (χ0v) is 17.1. The van der Waals surface area contributed by atoms with E-state index in [-0.39, 0.29) is 17.8 Å². The lowest BCUT2D eigenvalue weighted by Crippen LogP contribution is -2.10. The van der Waals surface area contributed by atoms with E-state index in [9.17, 15) is 23.3 Å². The molecule has 0 aromatic heterocycles. The summed E-state index contributed by atoms with van der Waals surface area (Å²) < 4.78 is 30.6. The van der Waals surface area contributed by atoms with E-state index >= 15 is 0 Å². The van der Waals surface area contributed by atoms with Gasteiger partial charge >= 0.3 is 0 Å². The molecule has 0 bridgehead atoms. The minimum atomic E-state index is -3.50. The highest BCUT2D eigenvalue weighted by Crippen LogP contribution is 2.35. The van der Waals surface area contributed by atoms with Crippen LogP contribution < -0.4 is 9.46 Å². The Kier molecular flexibility index (Phi) is 6.27. The third kappa shape index (κ3) is 6.59. The van der Waals surface area contributed by atoms with Crippen LogP contribution in [0, 0.1) is 13.8 Å². The Labute approximate surface area is 159 Å². The van der Waals surface area contributed by atoms with E-state index in [1.165, 1.54) is 6.07 Å². The smallest absolute Gasteiger partial charge is 0.229 e. The largest absolute Gasteiger partial charge is 0.506 e. The van der Waals surface area contributed by atoms with Gasteiger partial charge in [-0.3, -0.25) is 4.72 Å². The highest BCUT2D eigenvalue weighted by molar-refractivity contribution is 7.92. The molecule has 2 aromatic carbocycles. The van der Waals surface area contributed by atoms with Crippen molar-refractivity contribution in [2.75, 3.05) is 17.3 Å². The molecule has 2 aromatic rings. The monoisotopic (exact) mass is 413 g/mol. The average molecular weight is 413 g/mol. The van der Waals surface area contributed by atoms with Crippen molar-refractivity contribution in [1.29, 1.82) is 0 Å². The number of anilines is 1. The van der Waals surface area contributed by atoms with Crippen molar-refractivity contribution >= 4 is 29.3 Å². The Hall–Kier alpha value is -1.99. The van der Waals surface area contributed by atoms with Crippen molar-refractivity contribution in [1.82, 2.24) is 0 Å². The molecule has 0 heterocycles. The fourth-order valence-electron chi connectivity index (χ4n) is 2.67. The van der Waals surface area contributed by atoms with Gasteiger partial charge in [0, 0.05) is 0 Å². The van der Waals surface area contributed by atoms with E-state index in [4.69, 9.17) is 4.74 Å². The maximum Gasteiger partial charge on any atom is 0.229 e. The molecule has 7 nitrogen and oxygen atoms in total. The number of benzene rings is 2. The van der Waals surface area contributed by atoms with Crippen LogP contribution in [0.25, 0.3) is 0 Å². The minimum Gasteiger partial charge on any atom is -0.506 e. The normalized spacial score (nSPS) is 12.0. The number of nitrogens with one attached hydrogen (secondary N) is 1. The maximum absolute atomic E-state index is 11.4. The number of aryl methyl sites for hydroxylation is 2. The van der Waals surface area contributed by atoms with E-state index in [1.807, 2.05) is 13.8 Å². The molecule has 0 saturated heterocycles. The minimum absolute atomic E-state index is 0.131. The predicted molar refractivity (Wildman–Crippen MR) is 109 cm³/mol. The standard InChI is InChI=1S/C18H24NO6PS/c1-12-7-15(25-11-26(3,21)22)8-13(2)16(12)9-14-5-6-18(20)17(10-14)19-27(4,23)24/h5-8,10,19-22H,3,9,11H2,1-2,4H3. The molecule has 0 atom stereocenters. The maximum atomic E-state index is 11.4. The SMILES string of the molecule is C=P(O)(O)COc1cc(C)c(Cc2ccc(O)c(NS(C)(=O)=O)c2)c(C)c1. The van der Waals surface area contributed by atoms with Gasteiger partial charge in [-0.25, -0.2) is 8.42 Å². The lowest BCUT2D eigenvalue weighted by molar-refractivity contribution is 0.344. The van der Waals surface area contributed by atoms with Crippen molar-refractivity contribution in [3.05, 3.63) is 52.6 Å². The van der Waals surface area contributed by atoms with Crippen molar-refractivity contribution in [2.45, 2.75) is 20.3 Å². The molecule has 2 rings (SSSR count). The van der Waals surface area contributed by atoms with Crippen LogP contribution in [0.15, 0.2) is 30.3 Å². The summed E-state index contributed by atoms with van der Waals surface area (Å²) in [6.45, 7) is 3.82. The van der Waals surface area contributed by atoms with E-state index in [1.54, 1.807) is 24.3 Å². The zero-order valence-electron chi connectivity index (χ0n) is 15.4. The summed E-state index contributed by atoms with van der Waals surface area (Å²) in [5.74, 6) is 0.379. The molecule has 0 unspecified atom stereocenters. The first-order valence-corrected chi connectivity index (χ1v) is 12.0. The first-order valence-electron chi connectivity index (χ1n) is 8.04. The molecule has 9 heteroatoms. The summed E-state index contributed by atoms with van der Waals surface area (Å²) >= 11 is 0. The van der Waals surface area contributed by atoms with Gasteiger partial charge in [-0.05, 0) is 73.1 Å². The molecule has 0 spiro atoms. The number of rotatable bonds is 7. The fraction of sp³-hybridized carbons (Fsp3) is 0.278. The lowest BCUT2D eigenvalue weighted by Gasteiger charge is -2.16. The number of phenolic OH excluding ortho intramolecular Hbond substituents is 1. The number of hydrogen-bond donors (Lipinski definition) is 4. The average Bonchev–Trinajstić information content (AvgIpc) is 2.50. The molecule has 0 fully saturated rings. The molecule has 0 amide bonds. The second-order valence-corrected chi connectivity index (χ2v) is 10.4. The molecule has 0 saturated carbocycles. The first-order chi connectivity index (χ1) is 12.3. The van der Waals surface area contributed by atoms with E-state index in [0.29, 0.717) is 12.2 Å². The van der Waals surface area contributed by atoms with Gasteiger partial charge in [-0.15, -0.1) is 0 Å². The summed E-state index contributed by atoms with van der Waals surface area (Å²) in [5.41, 5.74) is 3.88. The number of phenols is 1. The summed E-state index contributed by atoms with van der Waals surface area (Å²) in [5, 5.41) is 9.85. The molecule has 0 aliphatic carbocycles. The van der Waals surface area contributed by atoms with Crippen molar-refractivity contribution in [3.8, 4) is 11.5 Å². The molecule has 0 aliphatic heterocycles. The number of aromatic hydroxyl groups is 1. The summed E-state index contributed by atoms with van der Waals surface area (Å²) in [4.78, 5) is 18.7.